The van der Waals surface area contributed by atoms with E-state index in [0.717, 1.165) is 25.9 Å². The van der Waals surface area contributed by atoms with E-state index in [1.54, 1.807) is 12.1 Å². The van der Waals surface area contributed by atoms with Crippen LogP contribution in [0.25, 0.3) is 0 Å². The largest absolute Gasteiger partial charge is 0.457 e. The molecule has 2 heterocycles. The summed E-state index contributed by atoms with van der Waals surface area (Å²) in [5.41, 5.74) is 0. The predicted molar refractivity (Wildman–Crippen MR) is 50.0 cm³/mol. The van der Waals surface area contributed by atoms with E-state index in [1.165, 1.54) is 6.26 Å². The first kappa shape index (κ1) is 9.27. The maximum atomic E-state index is 11.4. The Morgan fingerprint density at radius 1 is 1.50 bits per heavy atom. The highest BCUT2D eigenvalue weighted by atomic mass is 16.6. The van der Waals surface area contributed by atoms with E-state index in [1.807, 2.05) is 0 Å². The van der Waals surface area contributed by atoms with E-state index in [0.29, 0.717) is 0 Å². The van der Waals surface area contributed by atoms with Crippen molar-refractivity contribution in [3.8, 4) is 0 Å². The molecule has 4 nitrogen and oxygen atoms in total. The van der Waals surface area contributed by atoms with Crippen molar-refractivity contribution in [3.05, 3.63) is 24.2 Å². The molecule has 0 bridgehead atoms. The average molecular weight is 195 g/mol. The summed E-state index contributed by atoms with van der Waals surface area (Å²) >= 11 is 0. The Hall–Kier alpha value is -1.29. The van der Waals surface area contributed by atoms with Gasteiger partial charge in [-0.3, -0.25) is 0 Å². The molecule has 1 aliphatic rings. The van der Waals surface area contributed by atoms with Crippen LogP contribution in [0.4, 0.5) is 0 Å². The van der Waals surface area contributed by atoms with Gasteiger partial charge in [-0.25, -0.2) is 4.79 Å². The summed E-state index contributed by atoms with van der Waals surface area (Å²) in [6.45, 7) is 1.83. The number of rotatable bonds is 2. The SMILES string of the molecule is O=C(OC1CCNCC1)c1ccco1. The van der Waals surface area contributed by atoms with Gasteiger partial charge in [-0.2, -0.15) is 0 Å². The standard InChI is InChI=1S/C10H13NO3/c12-10(9-2-1-7-13-9)14-8-3-5-11-6-4-8/h1-2,7-8,11H,3-6H2. The summed E-state index contributed by atoms with van der Waals surface area (Å²) < 4.78 is 10.2. The first-order chi connectivity index (χ1) is 6.86. The Labute approximate surface area is 82.2 Å². The molecular formula is C10H13NO3. The van der Waals surface area contributed by atoms with Crippen LogP contribution in [-0.4, -0.2) is 25.2 Å². The first-order valence-corrected chi connectivity index (χ1v) is 4.81. The number of esters is 1. The average Bonchev–Trinajstić information content (AvgIpc) is 2.72. The van der Waals surface area contributed by atoms with E-state index in [2.05, 4.69) is 5.32 Å². The van der Waals surface area contributed by atoms with Gasteiger partial charge in [0.15, 0.2) is 0 Å². The van der Waals surface area contributed by atoms with Crippen molar-refractivity contribution >= 4 is 5.97 Å². The minimum atomic E-state index is -0.359. The van der Waals surface area contributed by atoms with Crippen LogP contribution in [0, 0.1) is 0 Å². The second-order valence-electron chi connectivity index (χ2n) is 3.33. The number of ether oxygens (including phenoxy) is 1. The van der Waals surface area contributed by atoms with Crippen molar-refractivity contribution in [2.75, 3.05) is 13.1 Å². The predicted octanol–water partition coefficient (Wildman–Crippen LogP) is 1.19. The highest BCUT2D eigenvalue weighted by Gasteiger charge is 2.19. The van der Waals surface area contributed by atoms with Crippen LogP contribution in [0.1, 0.15) is 23.4 Å². The number of furan rings is 1. The summed E-state index contributed by atoms with van der Waals surface area (Å²) in [6.07, 6.45) is 3.27. The molecule has 14 heavy (non-hydrogen) atoms. The monoisotopic (exact) mass is 195 g/mol. The van der Waals surface area contributed by atoms with Gasteiger partial charge in [0.1, 0.15) is 6.10 Å². The van der Waals surface area contributed by atoms with Crippen molar-refractivity contribution in [2.45, 2.75) is 18.9 Å². The summed E-state index contributed by atoms with van der Waals surface area (Å²) in [7, 11) is 0. The van der Waals surface area contributed by atoms with E-state index in [4.69, 9.17) is 9.15 Å². The minimum absolute atomic E-state index is 0.0360. The van der Waals surface area contributed by atoms with Gasteiger partial charge in [0, 0.05) is 0 Å². The maximum absolute atomic E-state index is 11.4. The molecule has 2 rings (SSSR count). The fourth-order valence-corrected chi connectivity index (χ4v) is 1.52. The van der Waals surface area contributed by atoms with Crippen LogP contribution in [-0.2, 0) is 4.74 Å². The molecule has 0 amide bonds. The van der Waals surface area contributed by atoms with E-state index < -0.39 is 0 Å². The molecule has 76 valence electrons. The maximum Gasteiger partial charge on any atom is 0.374 e. The van der Waals surface area contributed by atoms with E-state index in [-0.39, 0.29) is 17.8 Å². The van der Waals surface area contributed by atoms with Crippen molar-refractivity contribution < 1.29 is 13.9 Å². The zero-order chi connectivity index (χ0) is 9.80. The van der Waals surface area contributed by atoms with E-state index in [9.17, 15) is 4.79 Å². The van der Waals surface area contributed by atoms with Crippen molar-refractivity contribution in [1.29, 1.82) is 0 Å². The molecule has 0 radical (unpaired) electrons. The van der Waals surface area contributed by atoms with Gasteiger partial charge in [0.2, 0.25) is 5.76 Å². The van der Waals surface area contributed by atoms with Crippen LogP contribution in [0.5, 0.6) is 0 Å². The molecule has 1 aromatic rings. The van der Waals surface area contributed by atoms with Crippen LogP contribution in [0.15, 0.2) is 22.8 Å². The molecule has 1 N–H and O–H groups in total. The van der Waals surface area contributed by atoms with Crippen molar-refractivity contribution in [1.82, 2.24) is 5.32 Å². The van der Waals surface area contributed by atoms with Crippen LogP contribution < -0.4 is 5.32 Å². The number of carbonyl (C=O) groups is 1. The second kappa shape index (κ2) is 4.28. The molecule has 0 aliphatic carbocycles. The molecule has 1 fully saturated rings. The number of piperidine rings is 1. The Balaban J connectivity index is 1.87. The second-order valence-corrected chi connectivity index (χ2v) is 3.33. The highest BCUT2D eigenvalue weighted by Crippen LogP contribution is 2.11. The molecule has 1 aliphatic heterocycles. The van der Waals surface area contributed by atoms with Gasteiger partial charge in [0.05, 0.1) is 6.26 Å². The van der Waals surface area contributed by atoms with Crippen LogP contribution in [0.2, 0.25) is 0 Å². The summed E-state index contributed by atoms with van der Waals surface area (Å²) in [6, 6.07) is 3.29. The molecular weight excluding hydrogens is 182 g/mol. The van der Waals surface area contributed by atoms with Gasteiger partial charge in [-0.1, -0.05) is 0 Å². The molecule has 0 saturated carbocycles. The van der Waals surface area contributed by atoms with Gasteiger partial charge >= 0.3 is 5.97 Å². The quantitative estimate of drug-likeness (QED) is 0.720. The zero-order valence-corrected chi connectivity index (χ0v) is 7.86. The Morgan fingerprint density at radius 3 is 2.93 bits per heavy atom. The van der Waals surface area contributed by atoms with E-state index >= 15 is 0 Å². The topological polar surface area (TPSA) is 51.5 Å². The smallest absolute Gasteiger partial charge is 0.374 e. The number of hydrogen-bond donors (Lipinski definition) is 1. The fourth-order valence-electron chi connectivity index (χ4n) is 1.52. The third-order valence-electron chi connectivity index (χ3n) is 2.28. The molecule has 0 spiro atoms. The van der Waals surface area contributed by atoms with Gasteiger partial charge in [-0.05, 0) is 38.1 Å². The Bertz CT molecular complexity index is 288. The number of carbonyl (C=O) groups excluding carboxylic acids is 1. The number of hydrogen-bond acceptors (Lipinski definition) is 4. The summed E-state index contributed by atoms with van der Waals surface area (Å²) in [5.74, 6) is -0.0783. The lowest BCUT2D eigenvalue weighted by molar-refractivity contribution is 0.0195. The van der Waals surface area contributed by atoms with Crippen molar-refractivity contribution in [2.24, 2.45) is 0 Å². The van der Waals surface area contributed by atoms with Gasteiger partial charge in [0.25, 0.3) is 0 Å². The summed E-state index contributed by atoms with van der Waals surface area (Å²) in [5, 5.41) is 3.21. The minimum Gasteiger partial charge on any atom is -0.457 e. The van der Waals surface area contributed by atoms with Gasteiger partial charge in [-0.15, -0.1) is 0 Å². The third kappa shape index (κ3) is 2.14. The molecule has 0 aromatic carbocycles. The normalized spacial score (nSPS) is 18.0. The fraction of sp³-hybridized carbons (Fsp3) is 0.500. The third-order valence-corrected chi connectivity index (χ3v) is 2.28. The highest BCUT2D eigenvalue weighted by molar-refractivity contribution is 5.86. The lowest BCUT2D eigenvalue weighted by Gasteiger charge is -2.22. The lowest BCUT2D eigenvalue weighted by atomic mass is 10.1. The van der Waals surface area contributed by atoms with Crippen LogP contribution in [0.3, 0.4) is 0 Å². The first-order valence-electron chi connectivity index (χ1n) is 4.81. The molecule has 0 atom stereocenters. The summed E-state index contributed by atoms with van der Waals surface area (Å²) in [4.78, 5) is 11.4. The zero-order valence-electron chi connectivity index (χ0n) is 7.86. The Kier molecular flexibility index (Phi) is 2.84. The van der Waals surface area contributed by atoms with Gasteiger partial charge < -0.3 is 14.5 Å². The van der Waals surface area contributed by atoms with Crippen molar-refractivity contribution in [3.63, 3.8) is 0 Å². The Morgan fingerprint density at radius 2 is 2.29 bits per heavy atom. The molecule has 0 unspecified atom stereocenters. The van der Waals surface area contributed by atoms with Crippen LogP contribution >= 0.6 is 0 Å². The molecule has 1 aromatic heterocycles. The number of nitrogens with one attached hydrogen (secondary N) is 1. The molecule has 1 saturated heterocycles. The molecule has 4 heteroatoms. The lowest BCUT2D eigenvalue weighted by Crippen LogP contribution is -2.33.